The van der Waals surface area contributed by atoms with E-state index in [0.717, 1.165) is 12.1 Å². The van der Waals surface area contributed by atoms with Crippen LogP contribution in [0.25, 0.3) is 0 Å². The van der Waals surface area contributed by atoms with Gasteiger partial charge in [-0.25, -0.2) is 0 Å². The maximum Gasteiger partial charge on any atom is 0.143 e. The smallest absolute Gasteiger partial charge is 0.143 e. The zero-order valence-electron chi connectivity index (χ0n) is 12.6. The van der Waals surface area contributed by atoms with Crippen molar-refractivity contribution < 1.29 is 9.47 Å². The van der Waals surface area contributed by atoms with Crippen molar-refractivity contribution in [3.05, 3.63) is 52.5 Å². The molecule has 0 bridgehead atoms. The first-order valence-electron chi connectivity index (χ1n) is 6.91. The summed E-state index contributed by atoms with van der Waals surface area (Å²) in [5.74, 6) is 1.33. The molecule has 0 atom stereocenters. The molecule has 3 nitrogen and oxygen atoms in total. The van der Waals surface area contributed by atoms with E-state index in [1.807, 2.05) is 6.07 Å². The van der Waals surface area contributed by atoms with Crippen LogP contribution < -0.4 is 14.8 Å². The Morgan fingerprint density at radius 1 is 0.952 bits per heavy atom. The lowest BCUT2D eigenvalue weighted by Crippen LogP contribution is -2.02. The standard InChI is InChI=1S/C17H20ClNO2/c1-4-12-5-7-13(8-6-12)11-19-15-10-16(20-2)14(18)9-17(15)21-3/h5-10,19H,4,11H2,1-3H3. The summed E-state index contributed by atoms with van der Waals surface area (Å²) in [6, 6.07) is 12.2. The van der Waals surface area contributed by atoms with Crippen LogP contribution in [0.2, 0.25) is 5.02 Å². The third-order valence-corrected chi connectivity index (χ3v) is 3.68. The Hall–Kier alpha value is -1.87. The molecule has 1 N–H and O–H groups in total. The SMILES string of the molecule is CCc1ccc(CNc2cc(OC)c(Cl)cc2OC)cc1. The van der Waals surface area contributed by atoms with Crippen LogP contribution in [0.1, 0.15) is 18.1 Å². The van der Waals surface area contributed by atoms with Crippen molar-refractivity contribution in [3.8, 4) is 11.5 Å². The fourth-order valence-electron chi connectivity index (χ4n) is 2.09. The van der Waals surface area contributed by atoms with Gasteiger partial charge in [0.1, 0.15) is 11.5 Å². The van der Waals surface area contributed by atoms with Crippen molar-refractivity contribution in [3.63, 3.8) is 0 Å². The molecule has 0 saturated carbocycles. The van der Waals surface area contributed by atoms with E-state index in [9.17, 15) is 0 Å². The minimum Gasteiger partial charge on any atom is -0.495 e. The Morgan fingerprint density at radius 2 is 1.57 bits per heavy atom. The van der Waals surface area contributed by atoms with Crippen molar-refractivity contribution in [1.82, 2.24) is 0 Å². The molecule has 2 aromatic rings. The normalized spacial score (nSPS) is 10.3. The highest BCUT2D eigenvalue weighted by Crippen LogP contribution is 2.36. The van der Waals surface area contributed by atoms with E-state index >= 15 is 0 Å². The number of anilines is 1. The van der Waals surface area contributed by atoms with E-state index in [1.165, 1.54) is 11.1 Å². The summed E-state index contributed by atoms with van der Waals surface area (Å²) in [5, 5.41) is 3.89. The molecular formula is C17H20ClNO2. The lowest BCUT2D eigenvalue weighted by atomic mass is 10.1. The summed E-state index contributed by atoms with van der Waals surface area (Å²) in [6.45, 7) is 2.86. The molecule has 2 rings (SSSR count). The Bertz CT molecular complexity index is 596. The van der Waals surface area contributed by atoms with Crippen molar-refractivity contribution >= 4 is 17.3 Å². The topological polar surface area (TPSA) is 30.5 Å². The van der Waals surface area contributed by atoms with Gasteiger partial charge in [0.2, 0.25) is 0 Å². The number of methoxy groups -OCH3 is 2. The van der Waals surface area contributed by atoms with Crippen molar-refractivity contribution in [1.29, 1.82) is 0 Å². The van der Waals surface area contributed by atoms with Gasteiger partial charge in [-0.1, -0.05) is 42.8 Å². The molecule has 0 aliphatic heterocycles. The first-order valence-corrected chi connectivity index (χ1v) is 7.29. The highest BCUT2D eigenvalue weighted by atomic mass is 35.5. The third-order valence-electron chi connectivity index (χ3n) is 3.39. The summed E-state index contributed by atoms with van der Waals surface area (Å²) < 4.78 is 10.6. The number of rotatable bonds is 6. The van der Waals surface area contributed by atoms with Gasteiger partial charge in [0, 0.05) is 18.7 Å². The maximum absolute atomic E-state index is 6.10. The molecule has 0 saturated heterocycles. The van der Waals surface area contributed by atoms with Crippen LogP contribution in [-0.2, 0) is 13.0 Å². The Kier molecular flexibility index (Phi) is 5.34. The zero-order valence-corrected chi connectivity index (χ0v) is 13.3. The number of aryl methyl sites for hydroxylation is 1. The second kappa shape index (κ2) is 7.23. The summed E-state index contributed by atoms with van der Waals surface area (Å²) in [4.78, 5) is 0. The number of nitrogens with one attached hydrogen (secondary N) is 1. The molecule has 0 radical (unpaired) electrons. The second-order valence-corrected chi connectivity index (χ2v) is 5.12. The summed E-state index contributed by atoms with van der Waals surface area (Å²) in [7, 11) is 3.22. The van der Waals surface area contributed by atoms with Crippen LogP contribution in [0, 0.1) is 0 Å². The summed E-state index contributed by atoms with van der Waals surface area (Å²) >= 11 is 6.10. The van der Waals surface area contributed by atoms with Crippen LogP contribution in [0.4, 0.5) is 5.69 Å². The van der Waals surface area contributed by atoms with Crippen LogP contribution in [0.5, 0.6) is 11.5 Å². The van der Waals surface area contributed by atoms with Crippen molar-refractivity contribution in [2.45, 2.75) is 19.9 Å². The van der Waals surface area contributed by atoms with E-state index in [4.69, 9.17) is 21.1 Å². The number of halogens is 1. The Balaban J connectivity index is 2.14. The second-order valence-electron chi connectivity index (χ2n) is 4.71. The zero-order chi connectivity index (χ0) is 15.2. The molecule has 0 amide bonds. The number of hydrogen-bond donors (Lipinski definition) is 1. The van der Waals surface area contributed by atoms with Crippen LogP contribution in [0.3, 0.4) is 0 Å². The minimum atomic E-state index is 0.534. The minimum absolute atomic E-state index is 0.534. The number of benzene rings is 2. The average molecular weight is 306 g/mol. The summed E-state index contributed by atoms with van der Waals surface area (Å²) in [6.07, 6.45) is 1.05. The largest absolute Gasteiger partial charge is 0.495 e. The van der Waals surface area contributed by atoms with Crippen molar-refractivity contribution in [2.75, 3.05) is 19.5 Å². The highest BCUT2D eigenvalue weighted by Gasteiger charge is 2.09. The van der Waals surface area contributed by atoms with Gasteiger partial charge in [0.25, 0.3) is 0 Å². The molecule has 0 heterocycles. The number of hydrogen-bond acceptors (Lipinski definition) is 3. The van der Waals surface area contributed by atoms with Gasteiger partial charge in [-0.15, -0.1) is 0 Å². The molecule has 0 fully saturated rings. The van der Waals surface area contributed by atoms with Gasteiger partial charge in [0.15, 0.2) is 0 Å². The number of ether oxygens (including phenoxy) is 2. The van der Waals surface area contributed by atoms with Crippen LogP contribution in [-0.4, -0.2) is 14.2 Å². The lowest BCUT2D eigenvalue weighted by Gasteiger charge is -2.14. The Labute approximate surface area is 130 Å². The molecule has 2 aromatic carbocycles. The van der Waals surface area contributed by atoms with Gasteiger partial charge in [0.05, 0.1) is 24.9 Å². The molecule has 0 unspecified atom stereocenters. The molecule has 0 aliphatic carbocycles. The monoisotopic (exact) mass is 305 g/mol. The third kappa shape index (κ3) is 3.82. The fourth-order valence-corrected chi connectivity index (χ4v) is 2.32. The van der Waals surface area contributed by atoms with Gasteiger partial charge in [-0.3, -0.25) is 0 Å². The molecule has 0 aromatic heterocycles. The molecule has 0 aliphatic rings. The quantitative estimate of drug-likeness (QED) is 0.850. The predicted octanol–water partition coefficient (Wildman–Crippen LogP) is 4.53. The van der Waals surface area contributed by atoms with E-state index in [0.29, 0.717) is 23.1 Å². The Morgan fingerprint density at radius 3 is 2.14 bits per heavy atom. The first-order chi connectivity index (χ1) is 10.2. The van der Waals surface area contributed by atoms with Crippen LogP contribution >= 0.6 is 11.6 Å². The van der Waals surface area contributed by atoms with Gasteiger partial charge in [-0.05, 0) is 17.5 Å². The van der Waals surface area contributed by atoms with Crippen molar-refractivity contribution in [2.24, 2.45) is 0 Å². The average Bonchev–Trinajstić information content (AvgIpc) is 2.53. The predicted molar refractivity (Wildman–Crippen MR) is 87.7 cm³/mol. The van der Waals surface area contributed by atoms with E-state index in [1.54, 1.807) is 20.3 Å². The fraction of sp³-hybridized carbons (Fsp3) is 0.294. The first kappa shape index (κ1) is 15.5. The van der Waals surface area contributed by atoms with E-state index in [2.05, 4.69) is 36.5 Å². The van der Waals surface area contributed by atoms with Gasteiger partial charge in [-0.2, -0.15) is 0 Å². The highest BCUT2D eigenvalue weighted by molar-refractivity contribution is 6.32. The van der Waals surface area contributed by atoms with E-state index in [-0.39, 0.29) is 0 Å². The van der Waals surface area contributed by atoms with Gasteiger partial charge >= 0.3 is 0 Å². The molecule has 112 valence electrons. The van der Waals surface area contributed by atoms with Gasteiger partial charge < -0.3 is 14.8 Å². The lowest BCUT2D eigenvalue weighted by molar-refractivity contribution is 0.404. The molecular weight excluding hydrogens is 286 g/mol. The molecule has 21 heavy (non-hydrogen) atoms. The maximum atomic E-state index is 6.10. The summed E-state index contributed by atoms with van der Waals surface area (Å²) in [5.41, 5.74) is 3.41. The van der Waals surface area contributed by atoms with E-state index < -0.39 is 0 Å². The van der Waals surface area contributed by atoms with Crippen LogP contribution in [0.15, 0.2) is 36.4 Å². The molecule has 4 heteroatoms. The molecule has 0 spiro atoms.